The van der Waals surface area contributed by atoms with Crippen LogP contribution in [0.3, 0.4) is 0 Å². The normalized spacial score (nSPS) is 11.4. The van der Waals surface area contributed by atoms with Crippen LogP contribution >= 0.6 is 23.4 Å². The van der Waals surface area contributed by atoms with Gasteiger partial charge in [0.05, 0.1) is 23.0 Å². The number of carboxylic acid groups (broad SMARTS) is 1. The van der Waals surface area contributed by atoms with E-state index in [1.807, 2.05) is 36.4 Å². The Hall–Kier alpha value is -3.70. The lowest BCUT2D eigenvalue weighted by atomic mass is 10.1. The largest absolute Gasteiger partial charge is 0.573 e. The number of aromatic nitrogens is 3. The fourth-order valence-electron chi connectivity index (χ4n) is 3.51. The number of aromatic carboxylic acids is 1. The Balaban J connectivity index is 1.47. The highest BCUT2D eigenvalue weighted by molar-refractivity contribution is 7.98. The maximum absolute atomic E-state index is 12.5. The molecule has 2 N–H and O–H groups in total. The van der Waals surface area contributed by atoms with Crippen LogP contribution in [0.4, 0.5) is 13.2 Å². The van der Waals surface area contributed by atoms with Crippen LogP contribution in [0.25, 0.3) is 11.1 Å². The number of thioether (sulfide) groups is 1. The van der Waals surface area contributed by atoms with E-state index in [2.05, 4.69) is 15.0 Å². The third kappa shape index (κ3) is 6.75. The van der Waals surface area contributed by atoms with E-state index in [0.29, 0.717) is 23.6 Å². The third-order valence-corrected chi connectivity index (χ3v) is 6.62. The average Bonchev–Trinajstić information content (AvgIpc) is 3.26. The van der Waals surface area contributed by atoms with E-state index in [-0.39, 0.29) is 10.7 Å². The van der Waals surface area contributed by atoms with Gasteiger partial charge < -0.3 is 14.6 Å². The predicted octanol–water partition coefficient (Wildman–Crippen LogP) is 5.96. The summed E-state index contributed by atoms with van der Waals surface area (Å²) in [6, 6.07) is 18.8. The Morgan fingerprint density at radius 1 is 1.08 bits per heavy atom. The zero-order chi connectivity index (χ0) is 26.6. The fourth-order valence-corrected chi connectivity index (χ4v) is 4.65. The van der Waals surface area contributed by atoms with Crippen molar-refractivity contribution in [2.75, 3.05) is 7.11 Å². The zero-order valence-electron chi connectivity index (χ0n) is 19.3. The van der Waals surface area contributed by atoms with E-state index in [1.54, 1.807) is 23.9 Å². The van der Waals surface area contributed by atoms with Gasteiger partial charge in [0.15, 0.2) is 5.69 Å². The first-order valence-electron chi connectivity index (χ1n) is 10.7. The van der Waals surface area contributed by atoms with Crippen molar-refractivity contribution in [3.05, 3.63) is 88.7 Å². The molecule has 0 spiro atoms. The lowest BCUT2D eigenvalue weighted by Crippen LogP contribution is -2.40. The molecule has 0 aliphatic carbocycles. The van der Waals surface area contributed by atoms with Crippen LogP contribution in [0.1, 0.15) is 21.7 Å². The summed E-state index contributed by atoms with van der Waals surface area (Å²) in [4.78, 5) is 12.6. The molecule has 12 heteroatoms. The number of alkyl halides is 3. The molecule has 0 aliphatic rings. The second-order valence-electron chi connectivity index (χ2n) is 7.75. The number of ether oxygens (including phenoxy) is 2. The minimum atomic E-state index is -4.83. The third-order valence-electron chi connectivity index (χ3n) is 5.30. The van der Waals surface area contributed by atoms with E-state index >= 15 is 0 Å². The fraction of sp³-hybridized carbons (Fsp3) is 0.160. The predicted molar refractivity (Wildman–Crippen MR) is 131 cm³/mol. The number of methoxy groups -OCH3 is 1. The summed E-state index contributed by atoms with van der Waals surface area (Å²) in [5.41, 5.74) is 2.76. The second kappa shape index (κ2) is 11.1. The maximum atomic E-state index is 12.5. The smallest absolute Gasteiger partial charge is 0.497 e. The summed E-state index contributed by atoms with van der Waals surface area (Å²) in [6.07, 6.45) is -4.83. The second-order valence-corrected chi connectivity index (χ2v) is 9.21. The summed E-state index contributed by atoms with van der Waals surface area (Å²) in [5.74, 6) is -0.548. The standard InChI is InChI=1S/C25H19ClF3N3O4S/c1-35-18-7-2-15(3-8-18)13-32-21(23(24(33)34)30-31-32)14-37-19-9-4-16(5-10-19)17-6-11-22(20(26)12-17)36-25(27,28)29/h2-12H,13-14H2,1H3,(H,33,34)/p+1. The van der Waals surface area contributed by atoms with Gasteiger partial charge in [0.2, 0.25) is 0 Å². The van der Waals surface area contributed by atoms with Crippen molar-refractivity contribution in [2.45, 2.75) is 23.6 Å². The van der Waals surface area contributed by atoms with Crippen molar-refractivity contribution >= 4 is 29.3 Å². The molecule has 3 aromatic carbocycles. The molecular formula is C25H20ClF3N3O4S+. The number of nitrogens with one attached hydrogen (secondary N) is 1. The van der Waals surface area contributed by atoms with Gasteiger partial charge in [-0.2, -0.15) is 4.68 Å². The Morgan fingerprint density at radius 3 is 2.35 bits per heavy atom. The summed E-state index contributed by atoms with van der Waals surface area (Å²) in [5, 5.41) is 16.1. The molecular weight excluding hydrogens is 531 g/mol. The highest BCUT2D eigenvalue weighted by Crippen LogP contribution is 2.34. The number of hydrogen-bond donors (Lipinski definition) is 2. The summed E-state index contributed by atoms with van der Waals surface area (Å²) >= 11 is 7.38. The summed E-state index contributed by atoms with van der Waals surface area (Å²) < 4.78 is 48.2. The molecule has 0 bridgehead atoms. The van der Waals surface area contributed by atoms with E-state index < -0.39 is 18.1 Å². The minimum absolute atomic E-state index is 0.0616. The molecule has 0 aliphatic heterocycles. The van der Waals surface area contributed by atoms with Gasteiger partial charge in [-0.05, 0) is 53.1 Å². The SMILES string of the molecule is COc1ccc(C[n+]2[nH]nc(C(=O)O)c2CSc2ccc(-c3ccc(OC(F)(F)F)c(Cl)c3)cc2)cc1. The van der Waals surface area contributed by atoms with Gasteiger partial charge in [-0.25, -0.2) is 4.79 Å². The molecule has 37 heavy (non-hydrogen) atoms. The van der Waals surface area contributed by atoms with Crippen LogP contribution in [0, 0.1) is 0 Å². The molecule has 0 radical (unpaired) electrons. The molecule has 0 fully saturated rings. The quantitative estimate of drug-likeness (QED) is 0.197. The van der Waals surface area contributed by atoms with Crippen molar-refractivity contribution in [2.24, 2.45) is 0 Å². The summed E-state index contributed by atoms with van der Waals surface area (Å²) in [7, 11) is 1.58. The van der Waals surface area contributed by atoms with Crippen LogP contribution in [0.15, 0.2) is 71.6 Å². The highest BCUT2D eigenvalue weighted by atomic mass is 35.5. The number of carbonyl (C=O) groups is 1. The van der Waals surface area contributed by atoms with Crippen LogP contribution in [0.5, 0.6) is 11.5 Å². The molecule has 4 aromatic rings. The molecule has 0 unspecified atom stereocenters. The summed E-state index contributed by atoms with van der Waals surface area (Å²) in [6.45, 7) is 0.397. The molecule has 0 saturated heterocycles. The lowest BCUT2D eigenvalue weighted by molar-refractivity contribution is -0.751. The van der Waals surface area contributed by atoms with Gasteiger partial charge >= 0.3 is 18.0 Å². The van der Waals surface area contributed by atoms with Crippen LogP contribution in [0.2, 0.25) is 5.02 Å². The van der Waals surface area contributed by atoms with E-state index in [4.69, 9.17) is 16.3 Å². The number of aromatic amines is 1. The monoisotopic (exact) mass is 550 g/mol. The number of nitrogens with zero attached hydrogens (tertiary/aromatic N) is 2. The van der Waals surface area contributed by atoms with Crippen LogP contribution in [-0.4, -0.2) is 34.9 Å². The highest BCUT2D eigenvalue weighted by Gasteiger charge is 2.32. The van der Waals surface area contributed by atoms with Gasteiger partial charge in [0.1, 0.15) is 18.0 Å². The average molecular weight is 551 g/mol. The van der Waals surface area contributed by atoms with E-state index in [0.717, 1.165) is 21.8 Å². The number of H-pyrrole nitrogens is 1. The molecule has 0 amide bonds. The van der Waals surface area contributed by atoms with Crippen LogP contribution < -0.4 is 14.2 Å². The van der Waals surface area contributed by atoms with Crippen molar-refractivity contribution in [3.63, 3.8) is 0 Å². The topological polar surface area (TPSA) is 88.3 Å². The van der Waals surface area contributed by atoms with Crippen molar-refractivity contribution < 1.29 is 37.2 Å². The molecule has 7 nitrogen and oxygen atoms in total. The molecule has 4 rings (SSSR count). The van der Waals surface area contributed by atoms with E-state index in [1.165, 1.54) is 30.0 Å². The van der Waals surface area contributed by atoms with E-state index in [9.17, 15) is 23.1 Å². The molecule has 0 atom stereocenters. The van der Waals surface area contributed by atoms with Crippen LogP contribution in [-0.2, 0) is 12.3 Å². The number of carboxylic acids is 1. The number of rotatable bonds is 9. The minimum Gasteiger partial charge on any atom is -0.497 e. The number of hydrogen-bond acceptors (Lipinski definition) is 5. The zero-order valence-corrected chi connectivity index (χ0v) is 20.8. The van der Waals surface area contributed by atoms with Gasteiger partial charge in [-0.1, -0.05) is 47.1 Å². The Bertz CT molecular complexity index is 1390. The molecule has 1 heterocycles. The Morgan fingerprint density at radius 2 is 1.76 bits per heavy atom. The van der Waals surface area contributed by atoms with Gasteiger partial charge in [0.25, 0.3) is 0 Å². The molecule has 1 aromatic heterocycles. The Kier molecular flexibility index (Phi) is 7.94. The van der Waals surface area contributed by atoms with Crippen molar-refractivity contribution in [3.8, 4) is 22.6 Å². The van der Waals surface area contributed by atoms with Crippen molar-refractivity contribution in [1.29, 1.82) is 0 Å². The van der Waals surface area contributed by atoms with Gasteiger partial charge in [-0.15, -0.1) is 24.9 Å². The lowest BCUT2D eigenvalue weighted by Gasteiger charge is -2.11. The molecule has 192 valence electrons. The van der Waals surface area contributed by atoms with Gasteiger partial charge in [0, 0.05) is 4.90 Å². The first-order valence-corrected chi connectivity index (χ1v) is 12.1. The number of benzene rings is 3. The Labute approximate surface area is 218 Å². The maximum Gasteiger partial charge on any atom is 0.573 e. The molecule has 0 saturated carbocycles. The van der Waals surface area contributed by atoms with Gasteiger partial charge in [-0.3, -0.25) is 0 Å². The first-order chi connectivity index (χ1) is 17.6. The van der Waals surface area contributed by atoms with Crippen molar-refractivity contribution in [1.82, 2.24) is 10.3 Å². The first kappa shape index (κ1) is 26.4. The number of halogens is 4.